The van der Waals surface area contributed by atoms with Gasteiger partial charge >= 0.3 is 0 Å². The molecule has 0 aliphatic heterocycles. The van der Waals surface area contributed by atoms with Crippen LogP contribution in [0.1, 0.15) is 57.0 Å². The van der Waals surface area contributed by atoms with E-state index in [1.54, 1.807) is 6.20 Å². The van der Waals surface area contributed by atoms with E-state index in [2.05, 4.69) is 34.8 Å². The van der Waals surface area contributed by atoms with E-state index in [9.17, 15) is 18.4 Å². The summed E-state index contributed by atoms with van der Waals surface area (Å²) in [7, 11) is 0. The number of hydrogen-bond acceptors (Lipinski definition) is 5. The molecule has 30 heavy (non-hydrogen) atoms. The van der Waals surface area contributed by atoms with Crippen LogP contribution in [0.25, 0.3) is 0 Å². The van der Waals surface area contributed by atoms with Crippen LogP contribution in [0.5, 0.6) is 0 Å². The molecule has 9 heteroatoms. The molecule has 0 aliphatic rings. The third kappa shape index (κ3) is 7.46. The van der Waals surface area contributed by atoms with E-state index in [1.807, 2.05) is 13.8 Å². The van der Waals surface area contributed by atoms with E-state index in [0.717, 1.165) is 23.1 Å². The number of nitrogens with one attached hydrogen (secondary N) is 3. The second kappa shape index (κ2) is 11.1. The highest BCUT2D eigenvalue weighted by atomic mass is 32.1. The Morgan fingerprint density at radius 1 is 1.13 bits per heavy atom. The van der Waals surface area contributed by atoms with Gasteiger partial charge in [-0.05, 0) is 31.0 Å². The molecule has 0 radical (unpaired) electrons. The predicted molar refractivity (Wildman–Crippen MR) is 114 cm³/mol. The average molecular weight is 439 g/mol. The Morgan fingerprint density at radius 2 is 1.80 bits per heavy atom. The van der Waals surface area contributed by atoms with Gasteiger partial charge in [-0.3, -0.25) is 9.59 Å². The van der Waals surface area contributed by atoms with Gasteiger partial charge in [-0.15, -0.1) is 11.3 Å². The first kappa shape index (κ1) is 23.9. The monoisotopic (exact) mass is 438 g/mol. The Bertz CT molecular complexity index is 852. The number of rotatable bonds is 10. The van der Waals surface area contributed by atoms with Gasteiger partial charge in [-0.1, -0.05) is 27.2 Å². The van der Waals surface area contributed by atoms with E-state index < -0.39 is 23.6 Å². The summed E-state index contributed by atoms with van der Waals surface area (Å²) in [5, 5.41) is 9.23. The SMILES string of the molecule is CCC[C@H](NC(=O)Cc1cc(F)cc(F)c1)C(=O)Nc1ncc(C(C)NC(C)C)s1. The standard InChI is InChI=1S/C21H28F2N4O2S/c1-5-6-17(26-19(28)9-14-7-15(22)10-16(23)8-14)20(29)27-21-24-11-18(30-21)13(4)25-12(2)3/h7-8,10-13,17,25H,5-6,9H2,1-4H3,(H,26,28)(H,24,27,29)/t13?,17-/m0/s1. The number of thiazole rings is 1. The molecular formula is C21H28F2N4O2S. The molecule has 0 saturated heterocycles. The van der Waals surface area contributed by atoms with Crippen molar-refractivity contribution in [2.75, 3.05) is 5.32 Å². The highest BCUT2D eigenvalue weighted by Crippen LogP contribution is 2.24. The Hall–Kier alpha value is -2.39. The number of halogens is 2. The van der Waals surface area contributed by atoms with Crippen molar-refractivity contribution in [2.45, 2.75) is 65.1 Å². The lowest BCUT2D eigenvalue weighted by Crippen LogP contribution is -2.44. The molecule has 1 aromatic carbocycles. The van der Waals surface area contributed by atoms with Crippen molar-refractivity contribution in [3.05, 3.63) is 46.5 Å². The maximum atomic E-state index is 13.3. The van der Waals surface area contributed by atoms with Gasteiger partial charge in [0.25, 0.3) is 0 Å². The maximum absolute atomic E-state index is 13.3. The molecule has 1 heterocycles. The topological polar surface area (TPSA) is 83.1 Å². The van der Waals surface area contributed by atoms with Crippen LogP contribution in [0, 0.1) is 11.6 Å². The maximum Gasteiger partial charge on any atom is 0.248 e. The molecule has 2 rings (SSSR count). The summed E-state index contributed by atoms with van der Waals surface area (Å²) in [6.45, 7) is 8.02. The largest absolute Gasteiger partial charge is 0.344 e. The molecule has 1 unspecified atom stereocenters. The van der Waals surface area contributed by atoms with Crippen LogP contribution < -0.4 is 16.0 Å². The summed E-state index contributed by atoms with van der Waals surface area (Å²) in [5.74, 6) is -2.35. The van der Waals surface area contributed by atoms with E-state index in [-0.39, 0.29) is 23.9 Å². The third-order valence-electron chi connectivity index (χ3n) is 4.28. The smallest absolute Gasteiger partial charge is 0.248 e. The van der Waals surface area contributed by atoms with E-state index in [4.69, 9.17) is 0 Å². The first-order chi connectivity index (χ1) is 14.2. The van der Waals surface area contributed by atoms with Gasteiger partial charge in [0, 0.05) is 29.2 Å². The third-order valence-corrected chi connectivity index (χ3v) is 5.38. The molecule has 3 N–H and O–H groups in total. The molecule has 6 nitrogen and oxygen atoms in total. The predicted octanol–water partition coefficient (Wildman–Crippen LogP) is 3.95. The van der Waals surface area contributed by atoms with Crippen molar-refractivity contribution < 1.29 is 18.4 Å². The molecule has 2 atom stereocenters. The van der Waals surface area contributed by atoms with Crippen molar-refractivity contribution in [3.8, 4) is 0 Å². The van der Waals surface area contributed by atoms with Crippen LogP contribution >= 0.6 is 11.3 Å². The molecule has 0 spiro atoms. The van der Waals surface area contributed by atoms with Crippen molar-refractivity contribution in [1.29, 1.82) is 0 Å². The molecule has 0 fully saturated rings. The molecule has 164 valence electrons. The molecule has 0 aliphatic carbocycles. The van der Waals surface area contributed by atoms with Gasteiger partial charge < -0.3 is 16.0 Å². The molecule has 1 aromatic heterocycles. The number of anilines is 1. The zero-order valence-electron chi connectivity index (χ0n) is 17.6. The summed E-state index contributed by atoms with van der Waals surface area (Å²) in [6.07, 6.45) is 2.60. The Morgan fingerprint density at radius 3 is 2.40 bits per heavy atom. The summed E-state index contributed by atoms with van der Waals surface area (Å²) >= 11 is 1.37. The zero-order chi connectivity index (χ0) is 22.3. The van der Waals surface area contributed by atoms with Gasteiger partial charge in [0.05, 0.1) is 6.42 Å². The number of benzene rings is 1. The Kier molecular flexibility index (Phi) is 8.86. The van der Waals surface area contributed by atoms with Gasteiger partial charge in [0.15, 0.2) is 5.13 Å². The van der Waals surface area contributed by atoms with Crippen LogP contribution in [0.4, 0.5) is 13.9 Å². The normalized spacial score (nSPS) is 13.2. The molecular weight excluding hydrogens is 410 g/mol. The van der Waals surface area contributed by atoms with Crippen molar-refractivity contribution in [2.24, 2.45) is 0 Å². The highest BCUT2D eigenvalue weighted by Gasteiger charge is 2.22. The lowest BCUT2D eigenvalue weighted by molar-refractivity contribution is -0.126. The fourth-order valence-corrected chi connectivity index (χ4v) is 3.85. The van der Waals surface area contributed by atoms with Gasteiger partial charge in [0.1, 0.15) is 17.7 Å². The van der Waals surface area contributed by atoms with Gasteiger partial charge in [-0.25, -0.2) is 13.8 Å². The first-order valence-electron chi connectivity index (χ1n) is 9.94. The quantitative estimate of drug-likeness (QED) is 0.525. The van der Waals surface area contributed by atoms with E-state index >= 15 is 0 Å². The lowest BCUT2D eigenvalue weighted by Gasteiger charge is -2.17. The summed E-state index contributed by atoms with van der Waals surface area (Å²) in [6, 6.07) is 2.60. The fourth-order valence-electron chi connectivity index (χ4n) is 3.02. The summed E-state index contributed by atoms with van der Waals surface area (Å²) in [4.78, 5) is 30.2. The Balaban J connectivity index is 1.98. The Labute approximate surface area is 179 Å². The van der Waals surface area contributed by atoms with E-state index in [1.165, 1.54) is 11.3 Å². The van der Waals surface area contributed by atoms with Crippen LogP contribution in [-0.2, 0) is 16.0 Å². The minimum Gasteiger partial charge on any atom is -0.344 e. The van der Waals surface area contributed by atoms with Crippen LogP contribution in [0.3, 0.4) is 0 Å². The summed E-state index contributed by atoms with van der Waals surface area (Å²) in [5.41, 5.74) is 0.205. The zero-order valence-corrected chi connectivity index (χ0v) is 18.4. The van der Waals surface area contributed by atoms with Crippen molar-refractivity contribution in [1.82, 2.24) is 15.6 Å². The second-order valence-electron chi connectivity index (χ2n) is 7.46. The number of carbonyl (C=O) groups excluding carboxylic acids is 2. The summed E-state index contributed by atoms with van der Waals surface area (Å²) < 4.78 is 26.6. The highest BCUT2D eigenvalue weighted by molar-refractivity contribution is 7.15. The van der Waals surface area contributed by atoms with E-state index in [0.29, 0.717) is 24.0 Å². The van der Waals surface area contributed by atoms with Gasteiger partial charge in [-0.2, -0.15) is 0 Å². The van der Waals surface area contributed by atoms with Gasteiger partial charge in [0.2, 0.25) is 11.8 Å². The minimum atomic E-state index is -0.764. The van der Waals surface area contributed by atoms with Crippen molar-refractivity contribution >= 4 is 28.3 Å². The minimum absolute atomic E-state index is 0.103. The molecule has 0 saturated carbocycles. The van der Waals surface area contributed by atoms with Crippen LogP contribution in [0.15, 0.2) is 24.4 Å². The molecule has 2 aromatic rings. The van der Waals surface area contributed by atoms with Crippen LogP contribution in [-0.4, -0.2) is 28.9 Å². The lowest BCUT2D eigenvalue weighted by atomic mass is 10.1. The number of nitrogens with zero attached hydrogens (tertiary/aromatic N) is 1. The van der Waals surface area contributed by atoms with Crippen molar-refractivity contribution in [3.63, 3.8) is 0 Å². The number of hydrogen-bond donors (Lipinski definition) is 3. The average Bonchev–Trinajstić information content (AvgIpc) is 3.08. The molecule has 2 amide bonds. The second-order valence-corrected chi connectivity index (χ2v) is 8.53. The molecule has 0 bridgehead atoms. The fraction of sp³-hybridized carbons (Fsp3) is 0.476. The van der Waals surface area contributed by atoms with Crippen LogP contribution in [0.2, 0.25) is 0 Å². The number of amides is 2. The number of carbonyl (C=O) groups is 2. The number of aromatic nitrogens is 1. The first-order valence-corrected chi connectivity index (χ1v) is 10.8.